The van der Waals surface area contributed by atoms with Crippen LogP contribution in [0.5, 0.6) is 0 Å². The maximum absolute atomic E-state index is 11.5. The highest BCUT2D eigenvalue weighted by atomic mass is 16.1. The van der Waals surface area contributed by atoms with Gasteiger partial charge in [0.15, 0.2) is 0 Å². The lowest BCUT2D eigenvalue weighted by Gasteiger charge is -2.13. The molecule has 3 heteroatoms. The lowest BCUT2D eigenvalue weighted by Crippen LogP contribution is -2.25. The molecule has 1 aromatic carbocycles. The molecule has 1 heterocycles. The second-order valence-corrected chi connectivity index (χ2v) is 4.21. The number of pyridine rings is 1. The summed E-state index contributed by atoms with van der Waals surface area (Å²) in [6.07, 6.45) is 1.76. The predicted molar refractivity (Wildman–Crippen MR) is 68.8 cm³/mol. The van der Waals surface area contributed by atoms with Crippen LogP contribution >= 0.6 is 0 Å². The van der Waals surface area contributed by atoms with Crippen molar-refractivity contribution in [2.24, 2.45) is 5.73 Å². The summed E-state index contributed by atoms with van der Waals surface area (Å²) >= 11 is 0. The molecule has 1 atom stereocenters. The monoisotopic (exact) mass is 228 g/mol. The Labute approximate surface area is 101 Å². The molecule has 1 unspecified atom stereocenters. The van der Waals surface area contributed by atoms with Crippen molar-refractivity contribution in [1.29, 1.82) is 0 Å². The first kappa shape index (κ1) is 11.6. The zero-order valence-corrected chi connectivity index (χ0v) is 9.84. The Morgan fingerprint density at radius 2 is 1.88 bits per heavy atom. The van der Waals surface area contributed by atoms with E-state index in [-0.39, 0.29) is 11.6 Å². The van der Waals surface area contributed by atoms with Gasteiger partial charge in [-0.25, -0.2) is 0 Å². The van der Waals surface area contributed by atoms with Gasteiger partial charge in [0.1, 0.15) is 0 Å². The number of hydrogen-bond donors (Lipinski definition) is 1. The quantitative estimate of drug-likeness (QED) is 0.871. The summed E-state index contributed by atoms with van der Waals surface area (Å²) < 4.78 is 1.63. The van der Waals surface area contributed by atoms with Gasteiger partial charge in [0.2, 0.25) is 0 Å². The average Bonchev–Trinajstić information content (AvgIpc) is 2.33. The van der Waals surface area contributed by atoms with Crippen LogP contribution in [0.4, 0.5) is 0 Å². The second kappa shape index (κ2) is 4.97. The topological polar surface area (TPSA) is 48.0 Å². The maximum atomic E-state index is 11.5. The van der Waals surface area contributed by atoms with Gasteiger partial charge in [0.05, 0.1) is 0 Å². The van der Waals surface area contributed by atoms with E-state index in [1.165, 1.54) is 5.56 Å². The third-order valence-corrected chi connectivity index (χ3v) is 2.80. The van der Waals surface area contributed by atoms with Gasteiger partial charge in [-0.1, -0.05) is 35.9 Å². The van der Waals surface area contributed by atoms with Gasteiger partial charge in [0, 0.05) is 24.8 Å². The molecule has 3 nitrogen and oxygen atoms in total. The zero-order chi connectivity index (χ0) is 12.3. The number of benzene rings is 1. The van der Waals surface area contributed by atoms with Gasteiger partial charge in [-0.05, 0) is 18.6 Å². The van der Waals surface area contributed by atoms with Crippen molar-refractivity contribution < 1.29 is 0 Å². The van der Waals surface area contributed by atoms with Gasteiger partial charge < -0.3 is 10.3 Å². The van der Waals surface area contributed by atoms with E-state index in [9.17, 15) is 4.79 Å². The van der Waals surface area contributed by atoms with E-state index in [2.05, 4.69) is 0 Å². The Balaban J connectivity index is 2.17. The minimum absolute atomic E-state index is 0.0185. The standard InChI is InChI=1S/C14H16N2O/c1-11-5-7-12(8-6-11)13(15)10-16-9-3-2-4-14(16)17/h2-9,13H,10,15H2,1H3. The molecule has 1 aromatic heterocycles. The number of hydrogen-bond acceptors (Lipinski definition) is 2. The molecule has 0 radical (unpaired) electrons. The number of aromatic nitrogens is 1. The van der Waals surface area contributed by atoms with Gasteiger partial charge in [-0.15, -0.1) is 0 Å². The molecule has 0 saturated heterocycles. The molecule has 17 heavy (non-hydrogen) atoms. The van der Waals surface area contributed by atoms with Crippen LogP contribution in [0.3, 0.4) is 0 Å². The summed E-state index contributed by atoms with van der Waals surface area (Å²) in [4.78, 5) is 11.5. The molecular formula is C14H16N2O. The fraction of sp³-hybridized carbons (Fsp3) is 0.214. The summed E-state index contributed by atoms with van der Waals surface area (Å²) in [6.45, 7) is 2.54. The highest BCUT2D eigenvalue weighted by molar-refractivity contribution is 5.23. The van der Waals surface area contributed by atoms with E-state index in [0.29, 0.717) is 6.54 Å². The van der Waals surface area contributed by atoms with E-state index in [4.69, 9.17) is 5.73 Å². The van der Waals surface area contributed by atoms with Crippen LogP contribution in [0.2, 0.25) is 0 Å². The van der Waals surface area contributed by atoms with E-state index < -0.39 is 0 Å². The van der Waals surface area contributed by atoms with E-state index >= 15 is 0 Å². The van der Waals surface area contributed by atoms with Crippen molar-refractivity contribution in [3.05, 3.63) is 70.1 Å². The fourth-order valence-electron chi connectivity index (χ4n) is 1.74. The Kier molecular flexibility index (Phi) is 3.40. The lowest BCUT2D eigenvalue weighted by molar-refractivity contribution is 0.562. The molecule has 0 spiro atoms. The highest BCUT2D eigenvalue weighted by Gasteiger charge is 2.06. The maximum Gasteiger partial charge on any atom is 0.250 e. The van der Waals surface area contributed by atoms with Crippen molar-refractivity contribution in [3.8, 4) is 0 Å². The molecule has 0 bridgehead atoms. The van der Waals surface area contributed by atoms with Crippen molar-refractivity contribution in [3.63, 3.8) is 0 Å². The molecule has 2 rings (SSSR count). The Hall–Kier alpha value is -1.87. The minimum atomic E-state index is -0.157. The van der Waals surface area contributed by atoms with E-state index in [1.54, 1.807) is 22.9 Å². The normalized spacial score (nSPS) is 12.4. The minimum Gasteiger partial charge on any atom is -0.322 e. The summed E-state index contributed by atoms with van der Waals surface area (Å²) in [5, 5.41) is 0. The van der Waals surface area contributed by atoms with E-state index in [0.717, 1.165) is 5.56 Å². The summed E-state index contributed by atoms with van der Waals surface area (Å²) in [5.74, 6) is 0. The first-order valence-electron chi connectivity index (χ1n) is 5.64. The van der Waals surface area contributed by atoms with Gasteiger partial charge in [-0.3, -0.25) is 4.79 Å². The number of nitrogens with zero attached hydrogens (tertiary/aromatic N) is 1. The molecule has 0 amide bonds. The van der Waals surface area contributed by atoms with Crippen LogP contribution in [0.1, 0.15) is 17.2 Å². The van der Waals surface area contributed by atoms with Crippen LogP contribution in [-0.4, -0.2) is 4.57 Å². The van der Waals surface area contributed by atoms with Gasteiger partial charge in [0.25, 0.3) is 5.56 Å². The SMILES string of the molecule is Cc1ccc(C(N)Cn2ccccc2=O)cc1. The van der Waals surface area contributed by atoms with Crippen LogP contribution in [0.25, 0.3) is 0 Å². The molecule has 88 valence electrons. The van der Waals surface area contributed by atoms with Crippen LogP contribution in [-0.2, 0) is 6.54 Å². The predicted octanol–water partition coefficient (Wildman–Crippen LogP) is 1.86. The smallest absolute Gasteiger partial charge is 0.250 e. The first-order chi connectivity index (χ1) is 8.16. The average molecular weight is 228 g/mol. The number of nitrogens with two attached hydrogens (primary N) is 1. The molecule has 2 N–H and O–H groups in total. The highest BCUT2D eigenvalue weighted by Crippen LogP contribution is 2.12. The Bertz CT molecular complexity index is 543. The third kappa shape index (κ3) is 2.82. The van der Waals surface area contributed by atoms with Gasteiger partial charge >= 0.3 is 0 Å². The molecule has 0 aliphatic carbocycles. The molecule has 2 aromatic rings. The van der Waals surface area contributed by atoms with E-state index in [1.807, 2.05) is 37.3 Å². The Morgan fingerprint density at radius 3 is 2.53 bits per heavy atom. The first-order valence-corrected chi connectivity index (χ1v) is 5.64. The zero-order valence-electron chi connectivity index (χ0n) is 9.84. The van der Waals surface area contributed by atoms with Crippen molar-refractivity contribution in [1.82, 2.24) is 4.57 Å². The molecule has 0 aliphatic heterocycles. The second-order valence-electron chi connectivity index (χ2n) is 4.21. The van der Waals surface area contributed by atoms with Crippen molar-refractivity contribution >= 4 is 0 Å². The molecule has 0 aliphatic rings. The lowest BCUT2D eigenvalue weighted by atomic mass is 10.1. The summed E-state index contributed by atoms with van der Waals surface area (Å²) in [5.41, 5.74) is 8.32. The van der Waals surface area contributed by atoms with Crippen molar-refractivity contribution in [2.45, 2.75) is 19.5 Å². The third-order valence-electron chi connectivity index (χ3n) is 2.80. The van der Waals surface area contributed by atoms with Crippen LogP contribution in [0.15, 0.2) is 53.5 Å². The molecule has 0 saturated carbocycles. The molecule has 0 fully saturated rings. The van der Waals surface area contributed by atoms with Gasteiger partial charge in [-0.2, -0.15) is 0 Å². The Morgan fingerprint density at radius 1 is 1.18 bits per heavy atom. The number of aryl methyl sites for hydroxylation is 1. The van der Waals surface area contributed by atoms with Crippen molar-refractivity contribution in [2.75, 3.05) is 0 Å². The van der Waals surface area contributed by atoms with Crippen LogP contribution < -0.4 is 11.3 Å². The fourth-order valence-corrected chi connectivity index (χ4v) is 1.74. The summed E-state index contributed by atoms with van der Waals surface area (Å²) in [7, 11) is 0. The molecular weight excluding hydrogens is 212 g/mol. The largest absolute Gasteiger partial charge is 0.322 e. The summed E-state index contributed by atoms with van der Waals surface area (Å²) in [6, 6.07) is 13.0. The number of rotatable bonds is 3. The van der Waals surface area contributed by atoms with Crippen LogP contribution in [0, 0.1) is 6.92 Å².